The van der Waals surface area contributed by atoms with Crippen LogP contribution in [0.15, 0.2) is 60.8 Å². The topological polar surface area (TPSA) is 86.0 Å². The van der Waals surface area contributed by atoms with Gasteiger partial charge in [-0.15, -0.1) is 0 Å². The maximum atomic E-state index is 12.3. The van der Waals surface area contributed by atoms with E-state index >= 15 is 0 Å². The molecule has 0 spiro atoms. The van der Waals surface area contributed by atoms with Crippen LogP contribution in [0, 0.1) is 0 Å². The van der Waals surface area contributed by atoms with Crippen molar-refractivity contribution in [1.29, 1.82) is 0 Å². The lowest BCUT2D eigenvalue weighted by atomic mass is 10.1. The summed E-state index contributed by atoms with van der Waals surface area (Å²) in [6, 6.07) is 17.1. The maximum Gasteiger partial charge on any atom is 0.239 e. The third-order valence-electron chi connectivity index (χ3n) is 4.45. The summed E-state index contributed by atoms with van der Waals surface area (Å²) in [6.07, 6.45) is 2.64. The zero-order valence-electron chi connectivity index (χ0n) is 15.3. The molecule has 2 aromatic carbocycles. The van der Waals surface area contributed by atoms with Gasteiger partial charge in [0.2, 0.25) is 11.8 Å². The largest absolute Gasteiger partial charge is 0.361 e. The van der Waals surface area contributed by atoms with Crippen molar-refractivity contribution in [2.45, 2.75) is 32.4 Å². The average Bonchev–Trinajstić information content (AvgIpc) is 3.10. The van der Waals surface area contributed by atoms with Crippen LogP contribution in [0.3, 0.4) is 0 Å². The molecule has 140 valence electrons. The van der Waals surface area contributed by atoms with Gasteiger partial charge in [-0.25, -0.2) is 5.43 Å². The lowest BCUT2D eigenvalue weighted by Crippen LogP contribution is -2.51. The van der Waals surface area contributed by atoms with E-state index in [0.29, 0.717) is 13.0 Å². The number of aromatic amines is 1. The van der Waals surface area contributed by atoms with E-state index in [2.05, 4.69) is 21.2 Å². The van der Waals surface area contributed by atoms with Crippen LogP contribution < -0.4 is 16.2 Å². The zero-order chi connectivity index (χ0) is 19.1. The summed E-state index contributed by atoms with van der Waals surface area (Å²) >= 11 is 0. The van der Waals surface area contributed by atoms with Crippen LogP contribution >= 0.6 is 0 Å². The standard InChI is InChI=1S/C21H24N4O2/c1-2-18(21(27)23-13-15-8-4-3-5-9-15)24-25-20(26)12-16-14-22-19-11-7-6-10-17(16)19/h3-11,14,18,22,24H,2,12-13H2,1H3,(H,23,27)(H,25,26)/t18-/m0/s1. The van der Waals surface area contributed by atoms with Crippen molar-refractivity contribution < 1.29 is 9.59 Å². The number of hydrogen-bond donors (Lipinski definition) is 4. The third-order valence-corrected chi connectivity index (χ3v) is 4.45. The number of H-pyrrole nitrogens is 1. The van der Waals surface area contributed by atoms with Crippen molar-refractivity contribution >= 4 is 22.7 Å². The van der Waals surface area contributed by atoms with E-state index in [4.69, 9.17) is 0 Å². The molecule has 0 aliphatic heterocycles. The normalized spacial score (nSPS) is 11.9. The summed E-state index contributed by atoms with van der Waals surface area (Å²) in [5.41, 5.74) is 8.45. The highest BCUT2D eigenvalue weighted by atomic mass is 16.2. The molecule has 1 aromatic heterocycles. The molecule has 4 N–H and O–H groups in total. The molecule has 1 atom stereocenters. The Balaban J connectivity index is 1.49. The second kappa shape index (κ2) is 9.00. The minimum Gasteiger partial charge on any atom is -0.361 e. The Morgan fingerprint density at radius 3 is 2.56 bits per heavy atom. The van der Waals surface area contributed by atoms with Gasteiger partial charge in [-0.2, -0.15) is 0 Å². The molecule has 3 rings (SSSR count). The number of hydrazine groups is 1. The van der Waals surface area contributed by atoms with E-state index in [-0.39, 0.29) is 18.2 Å². The first-order chi connectivity index (χ1) is 13.2. The van der Waals surface area contributed by atoms with Crippen molar-refractivity contribution in [2.24, 2.45) is 0 Å². The van der Waals surface area contributed by atoms with Gasteiger partial charge in [-0.3, -0.25) is 15.0 Å². The number of nitrogens with one attached hydrogen (secondary N) is 4. The van der Waals surface area contributed by atoms with Gasteiger partial charge in [0.05, 0.1) is 6.42 Å². The lowest BCUT2D eigenvalue weighted by Gasteiger charge is -2.17. The fraction of sp³-hybridized carbons (Fsp3) is 0.238. The van der Waals surface area contributed by atoms with E-state index < -0.39 is 6.04 Å². The minimum atomic E-state index is -0.486. The van der Waals surface area contributed by atoms with Gasteiger partial charge in [0.25, 0.3) is 0 Å². The molecular formula is C21H24N4O2. The van der Waals surface area contributed by atoms with E-state index in [0.717, 1.165) is 22.0 Å². The molecule has 0 unspecified atom stereocenters. The highest BCUT2D eigenvalue weighted by Crippen LogP contribution is 2.17. The minimum absolute atomic E-state index is 0.145. The number of rotatable bonds is 8. The van der Waals surface area contributed by atoms with Crippen molar-refractivity contribution in [1.82, 2.24) is 21.2 Å². The molecule has 2 amide bonds. The predicted molar refractivity (Wildman–Crippen MR) is 106 cm³/mol. The zero-order valence-corrected chi connectivity index (χ0v) is 15.3. The number of carbonyl (C=O) groups excluding carboxylic acids is 2. The average molecular weight is 364 g/mol. The lowest BCUT2D eigenvalue weighted by molar-refractivity contribution is -0.125. The first kappa shape index (κ1) is 18.7. The van der Waals surface area contributed by atoms with Crippen LogP contribution in [-0.2, 0) is 22.6 Å². The first-order valence-corrected chi connectivity index (χ1v) is 9.08. The van der Waals surface area contributed by atoms with Crippen molar-refractivity contribution in [3.63, 3.8) is 0 Å². The van der Waals surface area contributed by atoms with Gasteiger partial charge in [-0.1, -0.05) is 55.5 Å². The van der Waals surface area contributed by atoms with Crippen LogP contribution in [0.1, 0.15) is 24.5 Å². The fourth-order valence-electron chi connectivity index (χ4n) is 2.92. The number of para-hydroxylation sites is 1. The third kappa shape index (κ3) is 4.95. The van der Waals surface area contributed by atoms with Crippen LogP contribution in [0.4, 0.5) is 0 Å². The molecule has 6 heteroatoms. The Bertz CT molecular complexity index is 905. The van der Waals surface area contributed by atoms with Gasteiger partial charge in [0.1, 0.15) is 6.04 Å². The monoisotopic (exact) mass is 364 g/mol. The van der Waals surface area contributed by atoms with Crippen LogP contribution in [0.25, 0.3) is 10.9 Å². The number of fused-ring (bicyclic) bond motifs is 1. The second-order valence-corrected chi connectivity index (χ2v) is 6.39. The number of aromatic nitrogens is 1. The van der Waals surface area contributed by atoms with Gasteiger partial charge < -0.3 is 10.3 Å². The molecule has 0 bridgehead atoms. The smallest absolute Gasteiger partial charge is 0.239 e. The first-order valence-electron chi connectivity index (χ1n) is 9.08. The molecule has 0 aliphatic carbocycles. The molecule has 0 radical (unpaired) electrons. The van der Waals surface area contributed by atoms with Gasteiger partial charge >= 0.3 is 0 Å². The Kier molecular flexibility index (Phi) is 6.22. The maximum absolute atomic E-state index is 12.3. The molecule has 6 nitrogen and oxygen atoms in total. The molecule has 0 aliphatic rings. The van der Waals surface area contributed by atoms with Gasteiger partial charge in [-0.05, 0) is 23.6 Å². The highest BCUT2D eigenvalue weighted by molar-refractivity contribution is 5.89. The Hall–Kier alpha value is -3.12. The van der Waals surface area contributed by atoms with E-state index in [1.54, 1.807) is 0 Å². The van der Waals surface area contributed by atoms with E-state index in [1.807, 2.05) is 67.7 Å². The summed E-state index contributed by atoms with van der Waals surface area (Å²) in [5.74, 6) is -0.331. The summed E-state index contributed by atoms with van der Waals surface area (Å²) in [4.78, 5) is 27.7. The van der Waals surface area contributed by atoms with Crippen molar-refractivity contribution in [3.8, 4) is 0 Å². The Labute approximate surface area is 158 Å². The number of hydrogen-bond acceptors (Lipinski definition) is 3. The van der Waals surface area contributed by atoms with E-state index in [1.165, 1.54) is 0 Å². The molecule has 0 saturated carbocycles. The summed E-state index contributed by atoms with van der Waals surface area (Å²) in [5, 5.41) is 3.91. The molecule has 0 saturated heterocycles. The van der Waals surface area contributed by atoms with Gasteiger partial charge in [0, 0.05) is 23.6 Å². The van der Waals surface area contributed by atoms with E-state index in [9.17, 15) is 9.59 Å². The fourth-order valence-corrected chi connectivity index (χ4v) is 2.92. The van der Waals surface area contributed by atoms with Crippen molar-refractivity contribution in [2.75, 3.05) is 0 Å². The number of amides is 2. The number of benzene rings is 2. The number of carbonyl (C=O) groups is 2. The SMILES string of the molecule is CC[C@H](NNC(=O)Cc1c[nH]c2ccccc12)C(=O)NCc1ccccc1. The van der Waals surface area contributed by atoms with Crippen LogP contribution in [0.5, 0.6) is 0 Å². The molecule has 27 heavy (non-hydrogen) atoms. The van der Waals surface area contributed by atoms with Crippen molar-refractivity contribution in [3.05, 3.63) is 71.9 Å². The Morgan fingerprint density at radius 2 is 1.78 bits per heavy atom. The highest BCUT2D eigenvalue weighted by Gasteiger charge is 2.17. The van der Waals surface area contributed by atoms with Crippen LogP contribution in [0.2, 0.25) is 0 Å². The molecule has 3 aromatic rings. The quantitative estimate of drug-likeness (QED) is 0.463. The summed E-state index contributed by atoms with van der Waals surface area (Å²) < 4.78 is 0. The molecule has 1 heterocycles. The van der Waals surface area contributed by atoms with Gasteiger partial charge in [0.15, 0.2) is 0 Å². The summed E-state index contributed by atoms with van der Waals surface area (Å²) in [6.45, 7) is 2.35. The van der Waals surface area contributed by atoms with Crippen LogP contribution in [-0.4, -0.2) is 22.8 Å². The predicted octanol–water partition coefficient (Wildman–Crippen LogP) is 2.43. The molecular weight excluding hydrogens is 340 g/mol. The molecule has 0 fully saturated rings. The summed E-state index contributed by atoms with van der Waals surface area (Å²) in [7, 11) is 0. The Morgan fingerprint density at radius 1 is 1.04 bits per heavy atom. The second-order valence-electron chi connectivity index (χ2n) is 6.39.